The van der Waals surface area contributed by atoms with Crippen LogP contribution in [0.15, 0.2) is 12.1 Å². The van der Waals surface area contributed by atoms with Gasteiger partial charge in [0.25, 0.3) is 0 Å². The second-order valence-corrected chi connectivity index (χ2v) is 4.89. The molecular formula is C12H11ClF3N3O2. The van der Waals surface area contributed by atoms with E-state index in [4.69, 9.17) is 11.6 Å². The Labute approximate surface area is 123 Å². The number of anilines is 1. The highest BCUT2D eigenvalue weighted by Crippen LogP contribution is 2.33. The number of rotatable bonds is 2. The smallest absolute Gasteiger partial charge is 0.335 e. The van der Waals surface area contributed by atoms with Crippen LogP contribution in [0.25, 0.3) is 0 Å². The normalized spacial score (nSPS) is 19.7. The molecule has 1 fully saturated rings. The van der Waals surface area contributed by atoms with Crippen LogP contribution in [0.2, 0.25) is 5.15 Å². The number of hydrogen-bond donors (Lipinski definition) is 1. The quantitative estimate of drug-likeness (QED) is 0.668. The molecular weight excluding hydrogens is 311 g/mol. The first-order chi connectivity index (χ1) is 9.72. The Morgan fingerprint density at radius 2 is 2.10 bits per heavy atom. The third-order valence-corrected chi connectivity index (χ3v) is 3.24. The molecule has 0 saturated carbocycles. The van der Waals surface area contributed by atoms with Gasteiger partial charge in [0.1, 0.15) is 17.0 Å². The third kappa shape index (κ3) is 3.26. The maximum absolute atomic E-state index is 12.8. The molecule has 1 N–H and O–H groups in total. The summed E-state index contributed by atoms with van der Waals surface area (Å²) in [7, 11) is 0. The molecule has 1 unspecified atom stereocenters. The SMILES string of the molecule is CCC1C(=O)NC(=O)CN1c1cc(C(F)(F)F)cc(Cl)n1. The summed E-state index contributed by atoms with van der Waals surface area (Å²) in [4.78, 5) is 28.2. The van der Waals surface area contributed by atoms with Crippen LogP contribution < -0.4 is 10.2 Å². The highest BCUT2D eigenvalue weighted by atomic mass is 35.5. The van der Waals surface area contributed by atoms with Gasteiger partial charge in [-0.25, -0.2) is 4.98 Å². The number of aromatic nitrogens is 1. The molecule has 0 aliphatic carbocycles. The van der Waals surface area contributed by atoms with Crippen molar-refractivity contribution in [3.63, 3.8) is 0 Å². The van der Waals surface area contributed by atoms with Gasteiger partial charge in [-0.1, -0.05) is 18.5 Å². The lowest BCUT2D eigenvalue weighted by Gasteiger charge is -2.34. The lowest BCUT2D eigenvalue weighted by atomic mass is 10.1. The van der Waals surface area contributed by atoms with E-state index in [2.05, 4.69) is 10.3 Å². The fourth-order valence-electron chi connectivity index (χ4n) is 2.11. The van der Waals surface area contributed by atoms with Gasteiger partial charge >= 0.3 is 6.18 Å². The molecule has 1 aromatic rings. The van der Waals surface area contributed by atoms with Crippen LogP contribution in [0.4, 0.5) is 19.0 Å². The molecule has 1 aliphatic rings. The van der Waals surface area contributed by atoms with Gasteiger partial charge in [-0.15, -0.1) is 0 Å². The van der Waals surface area contributed by atoms with E-state index in [1.165, 1.54) is 4.90 Å². The number of alkyl halides is 3. The molecule has 5 nitrogen and oxygen atoms in total. The molecule has 1 atom stereocenters. The van der Waals surface area contributed by atoms with Crippen LogP contribution >= 0.6 is 11.6 Å². The van der Waals surface area contributed by atoms with Gasteiger partial charge in [0, 0.05) is 0 Å². The number of carbonyl (C=O) groups excluding carboxylic acids is 2. The maximum Gasteiger partial charge on any atom is 0.416 e. The van der Waals surface area contributed by atoms with Crippen LogP contribution in [0.5, 0.6) is 0 Å². The molecule has 1 aliphatic heterocycles. The second-order valence-electron chi connectivity index (χ2n) is 4.50. The van der Waals surface area contributed by atoms with Gasteiger partial charge < -0.3 is 4.90 Å². The molecule has 9 heteroatoms. The number of pyridine rings is 1. The van der Waals surface area contributed by atoms with Crippen LogP contribution in [0, 0.1) is 0 Å². The number of nitrogens with zero attached hydrogens (tertiary/aromatic N) is 2. The Morgan fingerprint density at radius 1 is 1.43 bits per heavy atom. The van der Waals surface area contributed by atoms with Gasteiger partial charge in [0.05, 0.1) is 12.1 Å². The first kappa shape index (κ1) is 15.6. The number of hydrogen-bond acceptors (Lipinski definition) is 4. The molecule has 0 aromatic carbocycles. The van der Waals surface area contributed by atoms with E-state index in [0.29, 0.717) is 12.5 Å². The maximum atomic E-state index is 12.8. The van der Waals surface area contributed by atoms with E-state index < -0.39 is 29.6 Å². The van der Waals surface area contributed by atoms with E-state index in [1.54, 1.807) is 6.92 Å². The Morgan fingerprint density at radius 3 is 2.67 bits per heavy atom. The predicted molar refractivity (Wildman–Crippen MR) is 68.8 cm³/mol. The Kier molecular flexibility index (Phi) is 4.08. The minimum atomic E-state index is -4.59. The molecule has 1 saturated heterocycles. The van der Waals surface area contributed by atoms with Crippen molar-refractivity contribution in [2.24, 2.45) is 0 Å². The van der Waals surface area contributed by atoms with E-state index >= 15 is 0 Å². The predicted octanol–water partition coefficient (Wildman–Crippen LogP) is 2.00. The number of halogens is 4. The minimum absolute atomic E-state index is 0.148. The summed E-state index contributed by atoms with van der Waals surface area (Å²) in [6.45, 7) is 1.43. The lowest BCUT2D eigenvalue weighted by Crippen LogP contribution is -2.58. The van der Waals surface area contributed by atoms with Crippen LogP contribution in [-0.4, -0.2) is 29.4 Å². The summed E-state index contributed by atoms with van der Waals surface area (Å²) >= 11 is 5.62. The second kappa shape index (κ2) is 5.51. The number of carbonyl (C=O) groups is 2. The molecule has 1 aromatic heterocycles. The Balaban J connectivity index is 2.46. The first-order valence-corrected chi connectivity index (χ1v) is 6.45. The molecule has 0 spiro atoms. The molecule has 0 radical (unpaired) electrons. The van der Waals surface area contributed by atoms with Gasteiger partial charge in [-0.2, -0.15) is 13.2 Å². The van der Waals surface area contributed by atoms with Gasteiger partial charge in [-0.3, -0.25) is 14.9 Å². The monoisotopic (exact) mass is 321 g/mol. The Hall–Kier alpha value is -1.83. The Bertz CT molecular complexity index is 592. The molecule has 2 heterocycles. The van der Waals surface area contributed by atoms with Crippen molar-refractivity contribution in [3.05, 3.63) is 22.8 Å². The van der Waals surface area contributed by atoms with E-state index in [9.17, 15) is 22.8 Å². The fourth-order valence-corrected chi connectivity index (χ4v) is 2.31. The van der Waals surface area contributed by atoms with E-state index in [-0.39, 0.29) is 17.5 Å². The van der Waals surface area contributed by atoms with E-state index in [1.807, 2.05) is 0 Å². The number of imide groups is 1. The fraction of sp³-hybridized carbons (Fsp3) is 0.417. The standard InChI is InChI=1S/C12H11ClF3N3O2/c1-2-7-11(21)18-10(20)5-19(7)9-4-6(12(14,15)16)3-8(13)17-9/h3-4,7H,2,5H2,1H3,(H,18,20,21). The average Bonchev–Trinajstić information content (AvgIpc) is 2.36. The lowest BCUT2D eigenvalue weighted by molar-refractivity contribution is -0.137. The molecule has 2 rings (SSSR count). The van der Waals surface area contributed by atoms with Crippen molar-refractivity contribution in [3.8, 4) is 0 Å². The zero-order valence-electron chi connectivity index (χ0n) is 10.9. The third-order valence-electron chi connectivity index (χ3n) is 3.04. The minimum Gasteiger partial charge on any atom is -0.335 e. The van der Waals surface area contributed by atoms with Crippen LogP contribution in [-0.2, 0) is 15.8 Å². The van der Waals surface area contributed by atoms with Gasteiger partial charge in [0.2, 0.25) is 11.8 Å². The van der Waals surface area contributed by atoms with Crippen LogP contribution in [0.3, 0.4) is 0 Å². The summed E-state index contributed by atoms with van der Waals surface area (Å²) in [5, 5.41) is 1.78. The van der Waals surface area contributed by atoms with E-state index in [0.717, 1.165) is 6.07 Å². The summed E-state index contributed by atoms with van der Waals surface area (Å²) in [6, 6.07) is 0.702. The van der Waals surface area contributed by atoms with Crippen molar-refractivity contribution < 1.29 is 22.8 Å². The van der Waals surface area contributed by atoms with Crippen molar-refractivity contribution >= 4 is 29.2 Å². The first-order valence-electron chi connectivity index (χ1n) is 6.07. The number of amides is 2. The number of piperazine rings is 1. The molecule has 2 amide bonds. The highest BCUT2D eigenvalue weighted by Gasteiger charge is 2.36. The molecule has 21 heavy (non-hydrogen) atoms. The number of nitrogens with one attached hydrogen (secondary N) is 1. The summed E-state index contributed by atoms with van der Waals surface area (Å²) in [5.74, 6) is -1.31. The highest BCUT2D eigenvalue weighted by molar-refractivity contribution is 6.29. The van der Waals surface area contributed by atoms with Crippen LogP contribution in [0.1, 0.15) is 18.9 Å². The zero-order chi connectivity index (χ0) is 15.8. The van der Waals surface area contributed by atoms with Gasteiger partial charge in [-0.05, 0) is 18.6 Å². The zero-order valence-corrected chi connectivity index (χ0v) is 11.6. The summed E-state index contributed by atoms with van der Waals surface area (Å²) in [5.41, 5.74) is -0.981. The topological polar surface area (TPSA) is 62.3 Å². The summed E-state index contributed by atoms with van der Waals surface area (Å²) < 4.78 is 38.4. The molecule has 114 valence electrons. The van der Waals surface area contributed by atoms with Crippen molar-refractivity contribution in [2.45, 2.75) is 25.6 Å². The average molecular weight is 322 g/mol. The van der Waals surface area contributed by atoms with Crippen molar-refractivity contribution in [1.82, 2.24) is 10.3 Å². The van der Waals surface area contributed by atoms with Crippen molar-refractivity contribution in [1.29, 1.82) is 0 Å². The van der Waals surface area contributed by atoms with Gasteiger partial charge in [0.15, 0.2) is 0 Å². The van der Waals surface area contributed by atoms with Crippen molar-refractivity contribution in [2.75, 3.05) is 11.4 Å². The summed E-state index contributed by atoms with van der Waals surface area (Å²) in [6.07, 6.45) is -4.28. The largest absolute Gasteiger partial charge is 0.416 e. The molecule has 0 bridgehead atoms.